The molecular formula is C15H20N2O3. The average molecular weight is 276 g/mol. The molecule has 0 saturated carbocycles. The highest BCUT2D eigenvalue weighted by atomic mass is 16.5. The molecule has 1 heterocycles. The third kappa shape index (κ3) is 3.17. The van der Waals surface area contributed by atoms with Crippen LogP contribution in [0.4, 0.5) is 0 Å². The zero-order chi connectivity index (χ0) is 14.5. The lowest BCUT2D eigenvalue weighted by Crippen LogP contribution is -2.44. The lowest BCUT2D eigenvalue weighted by Gasteiger charge is -2.28. The molecule has 1 saturated heterocycles. The van der Waals surface area contributed by atoms with Crippen LogP contribution in [0.2, 0.25) is 0 Å². The first kappa shape index (κ1) is 14.5. The van der Waals surface area contributed by atoms with Crippen LogP contribution in [-0.4, -0.2) is 29.9 Å². The van der Waals surface area contributed by atoms with Crippen molar-refractivity contribution in [1.29, 1.82) is 0 Å². The largest absolute Gasteiger partial charge is 0.494 e. The van der Waals surface area contributed by atoms with Crippen molar-refractivity contribution < 1.29 is 14.3 Å². The molecule has 1 aromatic carbocycles. The highest BCUT2D eigenvalue weighted by Gasteiger charge is 2.28. The Balaban J connectivity index is 2.13. The third-order valence-corrected chi connectivity index (χ3v) is 3.38. The Bertz CT molecular complexity index is 486. The van der Waals surface area contributed by atoms with E-state index in [1.807, 2.05) is 31.2 Å². The van der Waals surface area contributed by atoms with E-state index in [-0.39, 0.29) is 18.4 Å². The predicted molar refractivity (Wildman–Crippen MR) is 75.1 cm³/mol. The molecule has 0 spiro atoms. The number of amides is 2. The minimum Gasteiger partial charge on any atom is -0.494 e. The average Bonchev–Trinajstić information content (AvgIpc) is 2.44. The van der Waals surface area contributed by atoms with Gasteiger partial charge in [0.25, 0.3) is 0 Å². The Morgan fingerprint density at radius 1 is 1.25 bits per heavy atom. The van der Waals surface area contributed by atoms with Gasteiger partial charge in [-0.1, -0.05) is 18.2 Å². The number of imide groups is 1. The normalized spacial score (nSPS) is 17.2. The van der Waals surface area contributed by atoms with E-state index in [2.05, 4.69) is 0 Å². The number of rotatable bonds is 5. The van der Waals surface area contributed by atoms with E-state index in [9.17, 15) is 9.59 Å². The lowest BCUT2D eigenvalue weighted by molar-refractivity contribution is -0.148. The van der Waals surface area contributed by atoms with Crippen LogP contribution in [0.1, 0.15) is 37.8 Å². The van der Waals surface area contributed by atoms with Gasteiger partial charge in [-0.25, -0.2) is 0 Å². The fourth-order valence-electron chi connectivity index (χ4n) is 2.37. The molecule has 0 aromatic heterocycles. The summed E-state index contributed by atoms with van der Waals surface area (Å²) in [5.74, 6) is 0.440. The van der Waals surface area contributed by atoms with Gasteiger partial charge in [0.05, 0.1) is 12.6 Å². The molecule has 20 heavy (non-hydrogen) atoms. The van der Waals surface area contributed by atoms with E-state index in [1.54, 1.807) is 0 Å². The molecule has 1 aromatic rings. The molecule has 5 heteroatoms. The van der Waals surface area contributed by atoms with Crippen LogP contribution >= 0.6 is 0 Å². The number of likely N-dealkylation sites (tertiary alicyclic amines) is 1. The van der Waals surface area contributed by atoms with Crippen LogP contribution in [0.5, 0.6) is 5.75 Å². The molecule has 1 unspecified atom stereocenters. The standard InChI is InChI=1S/C15H20N2O3/c1-2-20-13-7-4-3-6-11(13)12(16)10-17-14(18)8-5-9-15(17)19/h3-4,6-7,12H,2,5,8-10,16H2,1H3. The van der Waals surface area contributed by atoms with Crippen LogP contribution in [0, 0.1) is 0 Å². The fourth-order valence-corrected chi connectivity index (χ4v) is 2.37. The topological polar surface area (TPSA) is 72.6 Å². The summed E-state index contributed by atoms with van der Waals surface area (Å²) < 4.78 is 5.53. The molecule has 2 N–H and O–H groups in total. The van der Waals surface area contributed by atoms with Gasteiger partial charge in [0.1, 0.15) is 5.75 Å². The Morgan fingerprint density at radius 3 is 2.55 bits per heavy atom. The first-order chi connectivity index (χ1) is 9.63. The zero-order valence-electron chi connectivity index (χ0n) is 11.7. The maximum absolute atomic E-state index is 11.8. The van der Waals surface area contributed by atoms with Gasteiger partial charge in [-0.3, -0.25) is 14.5 Å². The predicted octanol–water partition coefficient (Wildman–Crippen LogP) is 1.62. The van der Waals surface area contributed by atoms with Crippen molar-refractivity contribution in [1.82, 2.24) is 4.90 Å². The summed E-state index contributed by atoms with van der Waals surface area (Å²) in [6.07, 6.45) is 1.48. The summed E-state index contributed by atoms with van der Waals surface area (Å²) in [4.78, 5) is 24.9. The van der Waals surface area contributed by atoms with Crippen LogP contribution in [0.15, 0.2) is 24.3 Å². The quantitative estimate of drug-likeness (QED) is 0.829. The summed E-state index contributed by atoms with van der Waals surface area (Å²) in [5.41, 5.74) is 6.98. The molecule has 0 bridgehead atoms. The van der Waals surface area contributed by atoms with Crippen molar-refractivity contribution in [2.45, 2.75) is 32.2 Å². The van der Waals surface area contributed by atoms with Gasteiger partial charge in [0.2, 0.25) is 11.8 Å². The van der Waals surface area contributed by atoms with Crippen molar-refractivity contribution in [3.63, 3.8) is 0 Å². The zero-order valence-corrected chi connectivity index (χ0v) is 11.7. The molecule has 1 aliphatic rings. The number of carbonyl (C=O) groups is 2. The van der Waals surface area contributed by atoms with Gasteiger partial charge >= 0.3 is 0 Å². The van der Waals surface area contributed by atoms with Crippen molar-refractivity contribution in [3.05, 3.63) is 29.8 Å². The molecule has 0 radical (unpaired) electrons. The van der Waals surface area contributed by atoms with Crippen LogP contribution in [0.25, 0.3) is 0 Å². The monoisotopic (exact) mass is 276 g/mol. The number of piperidine rings is 1. The number of hydrogen-bond donors (Lipinski definition) is 1. The first-order valence-corrected chi connectivity index (χ1v) is 6.94. The van der Waals surface area contributed by atoms with E-state index in [1.165, 1.54) is 4.90 Å². The number of hydrogen-bond acceptors (Lipinski definition) is 4. The fraction of sp³-hybridized carbons (Fsp3) is 0.467. The lowest BCUT2D eigenvalue weighted by atomic mass is 10.0. The van der Waals surface area contributed by atoms with Gasteiger partial charge in [-0.15, -0.1) is 0 Å². The van der Waals surface area contributed by atoms with Crippen molar-refractivity contribution in [2.75, 3.05) is 13.2 Å². The molecule has 2 amide bonds. The SMILES string of the molecule is CCOc1ccccc1C(N)CN1C(=O)CCCC1=O. The molecule has 108 valence electrons. The van der Waals surface area contributed by atoms with Gasteiger partial charge in [-0.05, 0) is 19.4 Å². The van der Waals surface area contributed by atoms with Gasteiger partial charge in [-0.2, -0.15) is 0 Å². The van der Waals surface area contributed by atoms with Crippen molar-refractivity contribution >= 4 is 11.8 Å². The first-order valence-electron chi connectivity index (χ1n) is 6.94. The maximum Gasteiger partial charge on any atom is 0.229 e. The summed E-state index contributed by atoms with van der Waals surface area (Å²) in [6, 6.07) is 7.03. The van der Waals surface area contributed by atoms with Crippen LogP contribution in [-0.2, 0) is 9.59 Å². The van der Waals surface area contributed by atoms with Gasteiger partial charge in [0.15, 0.2) is 0 Å². The number of nitrogens with two attached hydrogens (primary N) is 1. The number of carbonyl (C=O) groups excluding carboxylic acids is 2. The third-order valence-electron chi connectivity index (χ3n) is 3.38. The molecule has 2 rings (SSSR count). The molecule has 0 aliphatic carbocycles. The second-order valence-corrected chi connectivity index (χ2v) is 4.83. The number of ether oxygens (including phenoxy) is 1. The highest BCUT2D eigenvalue weighted by Crippen LogP contribution is 2.25. The molecule has 1 atom stereocenters. The molecule has 1 fully saturated rings. The summed E-state index contributed by atoms with van der Waals surface area (Å²) in [7, 11) is 0. The number of benzene rings is 1. The second kappa shape index (κ2) is 6.52. The highest BCUT2D eigenvalue weighted by molar-refractivity contribution is 5.97. The van der Waals surface area contributed by atoms with E-state index < -0.39 is 6.04 Å². The van der Waals surface area contributed by atoms with E-state index in [0.29, 0.717) is 31.6 Å². The molecule has 5 nitrogen and oxygen atoms in total. The molecular weight excluding hydrogens is 256 g/mol. The Kier molecular flexibility index (Phi) is 4.74. The Labute approximate surface area is 118 Å². The minimum atomic E-state index is -0.427. The second-order valence-electron chi connectivity index (χ2n) is 4.83. The number of para-hydroxylation sites is 1. The Hall–Kier alpha value is -1.88. The van der Waals surface area contributed by atoms with Gasteiger partial charge in [0, 0.05) is 24.9 Å². The van der Waals surface area contributed by atoms with E-state index in [0.717, 1.165) is 5.56 Å². The van der Waals surface area contributed by atoms with Crippen molar-refractivity contribution in [3.8, 4) is 5.75 Å². The smallest absolute Gasteiger partial charge is 0.229 e. The van der Waals surface area contributed by atoms with E-state index >= 15 is 0 Å². The van der Waals surface area contributed by atoms with Crippen LogP contribution < -0.4 is 10.5 Å². The summed E-state index contributed by atoms with van der Waals surface area (Å²) in [6.45, 7) is 2.66. The van der Waals surface area contributed by atoms with Crippen molar-refractivity contribution in [2.24, 2.45) is 5.73 Å². The van der Waals surface area contributed by atoms with E-state index in [4.69, 9.17) is 10.5 Å². The summed E-state index contributed by atoms with van der Waals surface area (Å²) >= 11 is 0. The maximum atomic E-state index is 11.8. The minimum absolute atomic E-state index is 0.134. The van der Waals surface area contributed by atoms with Crippen LogP contribution in [0.3, 0.4) is 0 Å². The number of nitrogens with zero attached hydrogens (tertiary/aromatic N) is 1. The van der Waals surface area contributed by atoms with Gasteiger partial charge < -0.3 is 10.5 Å². The summed E-state index contributed by atoms with van der Waals surface area (Å²) in [5, 5.41) is 0. The molecule has 1 aliphatic heterocycles. The Morgan fingerprint density at radius 2 is 1.90 bits per heavy atom.